The van der Waals surface area contributed by atoms with E-state index in [9.17, 15) is 9.59 Å². The summed E-state index contributed by atoms with van der Waals surface area (Å²) in [4.78, 5) is 21.8. The molecule has 0 aromatic rings. The molecule has 1 unspecified atom stereocenters. The van der Waals surface area contributed by atoms with Gasteiger partial charge in [-0.05, 0) is 13.8 Å². The maximum Gasteiger partial charge on any atom is 0.335 e. The van der Waals surface area contributed by atoms with E-state index in [1.165, 1.54) is 13.8 Å². The Balaban J connectivity index is 3.90. The van der Waals surface area contributed by atoms with Crippen molar-refractivity contribution in [1.29, 1.82) is 0 Å². The Morgan fingerprint density at radius 2 is 1.67 bits per heavy atom. The van der Waals surface area contributed by atoms with Crippen molar-refractivity contribution < 1.29 is 24.2 Å². The van der Waals surface area contributed by atoms with E-state index in [1.807, 2.05) is 0 Å². The van der Waals surface area contributed by atoms with Crippen LogP contribution < -0.4 is 0 Å². The van der Waals surface area contributed by atoms with Crippen LogP contribution in [0.1, 0.15) is 13.8 Å². The van der Waals surface area contributed by atoms with Crippen LogP contribution in [0, 0.1) is 0 Å². The van der Waals surface area contributed by atoms with Crippen LogP contribution in [0.25, 0.3) is 0 Å². The summed E-state index contributed by atoms with van der Waals surface area (Å²) in [7, 11) is 0. The summed E-state index contributed by atoms with van der Waals surface area (Å²) in [6.45, 7) is 9.15. The first-order chi connectivity index (χ1) is 6.84. The van der Waals surface area contributed by atoms with E-state index in [2.05, 4.69) is 22.6 Å². The molecule has 0 heterocycles. The van der Waals surface area contributed by atoms with Gasteiger partial charge in [-0.15, -0.1) is 0 Å². The van der Waals surface area contributed by atoms with E-state index < -0.39 is 24.8 Å². The lowest BCUT2D eigenvalue weighted by molar-refractivity contribution is -0.177. The van der Waals surface area contributed by atoms with Crippen LogP contribution in [0.2, 0.25) is 0 Å². The highest BCUT2D eigenvalue weighted by atomic mass is 16.7. The van der Waals surface area contributed by atoms with Gasteiger partial charge in [-0.25, -0.2) is 9.59 Å². The number of rotatable bonds is 5. The second-order valence-corrected chi connectivity index (χ2v) is 3.02. The number of hydrogen-bond acceptors (Lipinski definition) is 5. The summed E-state index contributed by atoms with van der Waals surface area (Å²) in [5.74, 6) is -1.39. The highest BCUT2D eigenvalue weighted by Gasteiger charge is 2.14. The van der Waals surface area contributed by atoms with Crippen molar-refractivity contribution in [2.24, 2.45) is 0 Å². The monoisotopic (exact) mass is 214 g/mol. The topological polar surface area (TPSA) is 72.8 Å². The van der Waals surface area contributed by atoms with Gasteiger partial charge in [0.2, 0.25) is 6.29 Å². The lowest BCUT2D eigenvalue weighted by Crippen LogP contribution is -2.25. The van der Waals surface area contributed by atoms with Crippen molar-refractivity contribution in [3.8, 4) is 0 Å². The smallest absolute Gasteiger partial charge is 0.335 e. The zero-order chi connectivity index (χ0) is 12.0. The Kier molecular flexibility index (Phi) is 5.33. The summed E-state index contributed by atoms with van der Waals surface area (Å²) >= 11 is 0. The molecule has 15 heavy (non-hydrogen) atoms. The van der Waals surface area contributed by atoms with E-state index in [-0.39, 0.29) is 11.1 Å². The third-order valence-electron chi connectivity index (χ3n) is 1.30. The first kappa shape index (κ1) is 13.4. The second-order valence-electron chi connectivity index (χ2n) is 3.02. The molecule has 5 nitrogen and oxygen atoms in total. The minimum atomic E-state index is -1.49. The van der Waals surface area contributed by atoms with Crippen molar-refractivity contribution in [2.45, 2.75) is 20.1 Å². The van der Waals surface area contributed by atoms with Crippen LogP contribution in [0.15, 0.2) is 24.3 Å². The van der Waals surface area contributed by atoms with Gasteiger partial charge in [0, 0.05) is 11.1 Å². The molecule has 0 amide bonds. The lowest BCUT2D eigenvalue weighted by Gasteiger charge is -2.12. The van der Waals surface area contributed by atoms with Gasteiger partial charge in [0.25, 0.3) is 0 Å². The average Bonchev–Trinajstić information content (AvgIpc) is 2.13. The predicted molar refractivity (Wildman–Crippen MR) is 52.7 cm³/mol. The van der Waals surface area contributed by atoms with Crippen molar-refractivity contribution in [3.63, 3.8) is 0 Å². The predicted octanol–water partition coefficient (Wildman–Crippen LogP) is 0.543. The first-order valence-electron chi connectivity index (χ1n) is 4.21. The Hall–Kier alpha value is -1.62. The molecule has 1 N–H and O–H groups in total. The molecule has 1 atom stereocenters. The highest BCUT2D eigenvalue weighted by molar-refractivity contribution is 5.87. The Morgan fingerprint density at radius 1 is 1.20 bits per heavy atom. The Bertz CT molecular complexity index is 292. The summed E-state index contributed by atoms with van der Waals surface area (Å²) in [5, 5.41) is 9.11. The molecule has 5 heteroatoms. The molecule has 0 saturated carbocycles. The minimum Gasteiger partial charge on any atom is -0.456 e. The van der Waals surface area contributed by atoms with Gasteiger partial charge in [0.15, 0.2) is 6.61 Å². The maximum absolute atomic E-state index is 10.9. The van der Waals surface area contributed by atoms with Gasteiger partial charge in [0.1, 0.15) is 0 Å². The number of hydrogen-bond donors (Lipinski definition) is 1. The second kappa shape index (κ2) is 5.98. The molecule has 0 aliphatic heterocycles. The maximum atomic E-state index is 10.9. The molecule has 0 bridgehead atoms. The van der Waals surface area contributed by atoms with Gasteiger partial charge >= 0.3 is 11.9 Å². The van der Waals surface area contributed by atoms with Crippen molar-refractivity contribution in [3.05, 3.63) is 24.3 Å². The average molecular weight is 214 g/mol. The van der Waals surface area contributed by atoms with Gasteiger partial charge in [0.05, 0.1) is 0 Å². The molecule has 0 aliphatic carbocycles. The molecule has 0 radical (unpaired) electrons. The third kappa shape index (κ3) is 5.64. The number of aliphatic hydroxyl groups is 1. The number of carbonyl (C=O) groups is 2. The van der Waals surface area contributed by atoms with Crippen molar-refractivity contribution >= 4 is 11.9 Å². The van der Waals surface area contributed by atoms with Gasteiger partial charge in [-0.1, -0.05) is 13.2 Å². The zero-order valence-electron chi connectivity index (χ0n) is 8.78. The van der Waals surface area contributed by atoms with Crippen LogP contribution in [-0.4, -0.2) is 29.9 Å². The summed E-state index contributed by atoms with van der Waals surface area (Å²) in [5.41, 5.74) is 0.355. The van der Waals surface area contributed by atoms with Crippen molar-refractivity contribution in [2.75, 3.05) is 6.61 Å². The number of carbonyl (C=O) groups excluding carboxylic acids is 2. The number of aliphatic hydroxyl groups excluding tert-OH is 1. The van der Waals surface area contributed by atoms with Gasteiger partial charge in [-0.3, -0.25) is 0 Å². The van der Waals surface area contributed by atoms with E-state index in [1.54, 1.807) is 0 Å². The Labute approximate surface area is 88.0 Å². The van der Waals surface area contributed by atoms with Crippen molar-refractivity contribution in [1.82, 2.24) is 0 Å². The summed E-state index contributed by atoms with van der Waals surface area (Å²) in [6, 6.07) is 0. The zero-order valence-corrected chi connectivity index (χ0v) is 8.78. The molecule has 0 aromatic heterocycles. The molecule has 0 spiro atoms. The summed E-state index contributed by atoms with van der Waals surface area (Å²) < 4.78 is 9.00. The molecule has 0 fully saturated rings. The van der Waals surface area contributed by atoms with Gasteiger partial charge < -0.3 is 14.6 Å². The van der Waals surface area contributed by atoms with E-state index >= 15 is 0 Å². The number of ether oxygens (including phenoxy) is 2. The molecule has 0 aromatic carbocycles. The van der Waals surface area contributed by atoms with E-state index in [0.29, 0.717) is 0 Å². The fraction of sp³-hybridized carbons (Fsp3) is 0.400. The summed E-state index contributed by atoms with van der Waals surface area (Å²) in [6.07, 6.45) is -1.49. The van der Waals surface area contributed by atoms with Crippen LogP contribution >= 0.6 is 0 Å². The third-order valence-corrected chi connectivity index (χ3v) is 1.30. The van der Waals surface area contributed by atoms with Gasteiger partial charge in [-0.2, -0.15) is 0 Å². The van der Waals surface area contributed by atoms with Crippen LogP contribution in [0.4, 0.5) is 0 Å². The Morgan fingerprint density at radius 3 is 2.07 bits per heavy atom. The van der Waals surface area contributed by atoms with E-state index in [4.69, 9.17) is 5.11 Å². The first-order valence-corrected chi connectivity index (χ1v) is 4.21. The molecular formula is C10H14O5. The van der Waals surface area contributed by atoms with Crippen LogP contribution in [0.5, 0.6) is 0 Å². The molecule has 84 valence electrons. The standard InChI is InChI=1S/C10H14O5/c1-6(2)9(12)14-5-8(11)15-10(13)7(3)4/h8,11H,1,3,5H2,2,4H3. The number of esters is 2. The fourth-order valence-electron chi connectivity index (χ4n) is 0.528. The van der Waals surface area contributed by atoms with Crippen LogP contribution in [0.3, 0.4) is 0 Å². The molecule has 0 aliphatic rings. The molecular weight excluding hydrogens is 200 g/mol. The largest absolute Gasteiger partial charge is 0.456 e. The normalized spacial score (nSPS) is 11.4. The molecule has 0 saturated heterocycles. The fourth-order valence-corrected chi connectivity index (χ4v) is 0.528. The van der Waals surface area contributed by atoms with E-state index in [0.717, 1.165) is 0 Å². The minimum absolute atomic E-state index is 0.153. The molecule has 0 rings (SSSR count). The van der Waals surface area contributed by atoms with Crippen LogP contribution in [-0.2, 0) is 19.1 Å². The SMILES string of the molecule is C=C(C)C(=O)OCC(O)OC(=O)C(=C)C. The highest BCUT2D eigenvalue weighted by Crippen LogP contribution is 1.99. The lowest BCUT2D eigenvalue weighted by atomic mass is 10.3. The quantitative estimate of drug-likeness (QED) is 0.411.